The summed E-state index contributed by atoms with van der Waals surface area (Å²) < 4.78 is 0. The Morgan fingerprint density at radius 3 is 2.31 bits per heavy atom. The largest absolute Gasteiger partial charge is 0.355 e. The molecule has 0 aliphatic rings. The van der Waals surface area contributed by atoms with Gasteiger partial charge in [-0.25, -0.2) is 9.97 Å². The van der Waals surface area contributed by atoms with Crippen LogP contribution >= 0.6 is 0 Å². The maximum absolute atomic E-state index is 13.0. The first kappa shape index (κ1) is 17.9. The summed E-state index contributed by atoms with van der Waals surface area (Å²) in [5.74, 6) is 0.385. The van der Waals surface area contributed by atoms with Gasteiger partial charge in [-0.3, -0.25) is 4.79 Å². The number of anilines is 2. The molecule has 0 atom stereocenters. The molecule has 1 aromatic heterocycles. The van der Waals surface area contributed by atoms with E-state index in [1.807, 2.05) is 70.2 Å². The molecule has 0 aliphatic heterocycles. The number of benzene rings is 2. The zero-order chi connectivity index (χ0) is 18.7. The van der Waals surface area contributed by atoms with E-state index in [9.17, 15) is 4.79 Å². The molecule has 1 amide bonds. The first-order valence-electron chi connectivity index (χ1n) is 8.93. The third-order valence-electron chi connectivity index (χ3n) is 4.47. The van der Waals surface area contributed by atoms with Crippen LogP contribution in [0, 0.1) is 13.8 Å². The van der Waals surface area contributed by atoms with E-state index in [4.69, 9.17) is 4.98 Å². The Hall–Kier alpha value is -2.95. The van der Waals surface area contributed by atoms with Crippen molar-refractivity contribution in [1.82, 2.24) is 9.97 Å². The number of rotatable bonds is 5. The molecule has 134 valence electrons. The van der Waals surface area contributed by atoms with Gasteiger partial charge >= 0.3 is 0 Å². The van der Waals surface area contributed by atoms with Crippen molar-refractivity contribution in [3.05, 3.63) is 59.3 Å². The second-order valence-corrected chi connectivity index (χ2v) is 6.33. The van der Waals surface area contributed by atoms with Crippen molar-refractivity contribution in [3.8, 4) is 0 Å². The molecule has 3 rings (SSSR count). The Bertz CT molecular complexity index is 948. The summed E-state index contributed by atoms with van der Waals surface area (Å²) in [5.41, 5.74) is 4.78. The van der Waals surface area contributed by atoms with Crippen molar-refractivity contribution in [3.63, 3.8) is 0 Å². The topological polar surface area (TPSA) is 58.1 Å². The van der Waals surface area contributed by atoms with E-state index in [1.54, 1.807) is 0 Å². The van der Waals surface area contributed by atoms with E-state index in [2.05, 4.69) is 15.2 Å². The lowest BCUT2D eigenvalue weighted by Gasteiger charge is -2.22. The molecule has 0 aliphatic carbocycles. The second kappa shape index (κ2) is 7.52. The van der Waals surface area contributed by atoms with E-state index in [0.29, 0.717) is 11.5 Å². The zero-order valence-corrected chi connectivity index (χ0v) is 15.7. The van der Waals surface area contributed by atoms with Crippen LogP contribution in [-0.4, -0.2) is 29.0 Å². The van der Waals surface area contributed by atoms with Gasteiger partial charge in [0.25, 0.3) is 5.91 Å². The number of nitrogens with zero attached hydrogens (tertiary/aromatic N) is 3. The number of nitrogens with one attached hydrogen (secondary N) is 1. The molecule has 3 aromatic rings. The Morgan fingerprint density at radius 1 is 1.00 bits per heavy atom. The van der Waals surface area contributed by atoms with Gasteiger partial charge in [0, 0.05) is 18.8 Å². The summed E-state index contributed by atoms with van der Waals surface area (Å²) in [6.45, 7) is 9.60. The quantitative estimate of drug-likeness (QED) is 0.745. The van der Waals surface area contributed by atoms with E-state index in [0.717, 1.165) is 40.9 Å². The highest BCUT2D eigenvalue weighted by atomic mass is 16.1. The third kappa shape index (κ3) is 3.52. The SMILES string of the molecule is CCN(CC)c1nc2ccccc2nc1C(=O)Nc1cc(C)ccc1C. The van der Waals surface area contributed by atoms with Gasteiger partial charge in [0.05, 0.1) is 11.0 Å². The molecule has 0 fully saturated rings. The minimum Gasteiger partial charge on any atom is -0.355 e. The maximum Gasteiger partial charge on any atom is 0.278 e. The molecule has 5 heteroatoms. The van der Waals surface area contributed by atoms with Crippen LogP contribution in [0.2, 0.25) is 0 Å². The van der Waals surface area contributed by atoms with Crippen LogP contribution in [0.3, 0.4) is 0 Å². The van der Waals surface area contributed by atoms with E-state index < -0.39 is 0 Å². The smallest absolute Gasteiger partial charge is 0.278 e. The van der Waals surface area contributed by atoms with Crippen molar-refractivity contribution in [1.29, 1.82) is 0 Å². The highest BCUT2D eigenvalue weighted by Crippen LogP contribution is 2.23. The Balaban J connectivity index is 2.07. The van der Waals surface area contributed by atoms with Crippen LogP contribution < -0.4 is 10.2 Å². The maximum atomic E-state index is 13.0. The average Bonchev–Trinajstić information content (AvgIpc) is 2.65. The molecule has 0 spiro atoms. The molecular weight excluding hydrogens is 324 g/mol. The van der Waals surface area contributed by atoms with Crippen molar-refractivity contribution in [2.75, 3.05) is 23.3 Å². The first-order chi connectivity index (χ1) is 12.5. The number of carbonyl (C=O) groups is 1. The van der Waals surface area contributed by atoms with Gasteiger partial charge in [-0.1, -0.05) is 24.3 Å². The third-order valence-corrected chi connectivity index (χ3v) is 4.47. The summed E-state index contributed by atoms with van der Waals surface area (Å²) in [7, 11) is 0. The van der Waals surface area contributed by atoms with Crippen LogP contribution in [0.1, 0.15) is 35.5 Å². The highest BCUT2D eigenvalue weighted by Gasteiger charge is 2.20. The molecule has 0 saturated carbocycles. The van der Waals surface area contributed by atoms with E-state index in [-0.39, 0.29) is 5.91 Å². The summed E-state index contributed by atoms with van der Waals surface area (Å²) >= 11 is 0. The number of fused-ring (bicyclic) bond motifs is 1. The highest BCUT2D eigenvalue weighted by molar-refractivity contribution is 6.07. The predicted octanol–water partition coefficient (Wildman–Crippen LogP) is 4.35. The summed E-state index contributed by atoms with van der Waals surface area (Å²) in [6.07, 6.45) is 0. The molecule has 1 heterocycles. The van der Waals surface area contributed by atoms with Gasteiger partial charge in [-0.15, -0.1) is 0 Å². The van der Waals surface area contributed by atoms with Crippen LogP contribution in [0.15, 0.2) is 42.5 Å². The van der Waals surface area contributed by atoms with Gasteiger partial charge in [0.15, 0.2) is 11.5 Å². The molecule has 0 unspecified atom stereocenters. The van der Waals surface area contributed by atoms with Crippen LogP contribution in [-0.2, 0) is 0 Å². The average molecular weight is 348 g/mol. The van der Waals surface area contributed by atoms with Crippen molar-refractivity contribution >= 4 is 28.4 Å². The molecular formula is C21H24N4O. The molecule has 5 nitrogen and oxygen atoms in total. The molecule has 26 heavy (non-hydrogen) atoms. The number of aryl methyl sites for hydroxylation is 2. The Morgan fingerprint density at radius 2 is 1.65 bits per heavy atom. The number of amides is 1. The number of hydrogen-bond acceptors (Lipinski definition) is 4. The molecule has 0 saturated heterocycles. The fraction of sp³-hybridized carbons (Fsp3) is 0.286. The van der Waals surface area contributed by atoms with Gasteiger partial charge in [0.1, 0.15) is 0 Å². The monoisotopic (exact) mass is 348 g/mol. The fourth-order valence-electron chi connectivity index (χ4n) is 2.94. The zero-order valence-electron chi connectivity index (χ0n) is 15.7. The van der Waals surface area contributed by atoms with E-state index >= 15 is 0 Å². The summed E-state index contributed by atoms with van der Waals surface area (Å²) in [4.78, 5) is 24.4. The van der Waals surface area contributed by atoms with Crippen LogP contribution in [0.5, 0.6) is 0 Å². The van der Waals surface area contributed by atoms with Gasteiger partial charge < -0.3 is 10.2 Å². The van der Waals surface area contributed by atoms with Crippen LogP contribution in [0.4, 0.5) is 11.5 Å². The van der Waals surface area contributed by atoms with Gasteiger partial charge in [0.2, 0.25) is 0 Å². The van der Waals surface area contributed by atoms with Crippen molar-refractivity contribution in [2.45, 2.75) is 27.7 Å². The molecule has 2 aromatic carbocycles. The predicted molar refractivity (Wildman–Crippen MR) is 107 cm³/mol. The fourth-order valence-corrected chi connectivity index (χ4v) is 2.94. The van der Waals surface area contributed by atoms with Crippen molar-refractivity contribution < 1.29 is 4.79 Å². The van der Waals surface area contributed by atoms with Gasteiger partial charge in [-0.2, -0.15) is 0 Å². The molecule has 0 bridgehead atoms. The first-order valence-corrected chi connectivity index (χ1v) is 8.93. The lowest BCUT2D eigenvalue weighted by Crippen LogP contribution is -2.28. The second-order valence-electron chi connectivity index (χ2n) is 6.33. The van der Waals surface area contributed by atoms with E-state index in [1.165, 1.54) is 0 Å². The summed E-state index contributed by atoms with van der Waals surface area (Å²) in [5, 5.41) is 3.01. The lowest BCUT2D eigenvalue weighted by molar-refractivity contribution is 0.102. The minimum absolute atomic E-state index is 0.237. The number of hydrogen-bond donors (Lipinski definition) is 1. The molecule has 0 radical (unpaired) electrons. The van der Waals surface area contributed by atoms with Crippen molar-refractivity contribution in [2.24, 2.45) is 0 Å². The normalized spacial score (nSPS) is 10.8. The Kier molecular flexibility index (Phi) is 5.16. The van der Waals surface area contributed by atoms with Gasteiger partial charge in [-0.05, 0) is 57.0 Å². The van der Waals surface area contributed by atoms with Crippen LogP contribution in [0.25, 0.3) is 11.0 Å². The molecule has 1 N–H and O–H groups in total. The summed E-state index contributed by atoms with van der Waals surface area (Å²) in [6, 6.07) is 13.6. The Labute approximate surface area is 154 Å². The minimum atomic E-state index is -0.237. The lowest BCUT2D eigenvalue weighted by atomic mass is 10.1. The standard InChI is InChI=1S/C21H24N4O/c1-5-25(6-2)20-19(22-16-9-7-8-10-17(16)23-20)21(26)24-18-13-14(3)11-12-15(18)4/h7-13H,5-6H2,1-4H3,(H,24,26). The number of aromatic nitrogens is 2. The number of para-hydroxylation sites is 2. The number of carbonyl (C=O) groups excluding carboxylic acids is 1.